The van der Waals surface area contributed by atoms with Crippen LogP contribution >= 0.6 is 11.3 Å². The van der Waals surface area contributed by atoms with Crippen LogP contribution in [0.3, 0.4) is 0 Å². The Morgan fingerprint density at radius 2 is 1.95 bits per heavy atom. The van der Waals surface area contributed by atoms with Crippen LogP contribution in [0, 0.1) is 11.8 Å². The summed E-state index contributed by atoms with van der Waals surface area (Å²) in [5, 5.41) is 10.2. The van der Waals surface area contributed by atoms with Gasteiger partial charge >= 0.3 is 0 Å². The molecule has 1 saturated heterocycles. The highest BCUT2D eigenvalue weighted by Gasteiger charge is 2.48. The van der Waals surface area contributed by atoms with Gasteiger partial charge in [0, 0.05) is 0 Å². The van der Waals surface area contributed by atoms with Crippen LogP contribution in [-0.4, -0.2) is 39.4 Å². The number of hydrogen-bond acceptors (Lipinski definition) is 6. The quantitative estimate of drug-likeness (QED) is 0.826. The molecule has 1 saturated carbocycles. The first kappa shape index (κ1) is 13.2. The first-order valence-electron chi connectivity index (χ1n) is 6.58. The molecule has 8 heteroatoms. The summed E-state index contributed by atoms with van der Waals surface area (Å²) in [5.41, 5.74) is 1.50. The van der Waals surface area contributed by atoms with E-state index < -0.39 is 5.91 Å². The van der Waals surface area contributed by atoms with Gasteiger partial charge in [-0.1, -0.05) is 24.2 Å². The molecule has 106 valence electrons. The van der Waals surface area contributed by atoms with E-state index in [0.717, 1.165) is 30.6 Å². The molecule has 1 aromatic rings. The summed E-state index contributed by atoms with van der Waals surface area (Å²) in [6.45, 7) is -0.232. The van der Waals surface area contributed by atoms with Crippen LogP contribution in [0.25, 0.3) is 0 Å². The summed E-state index contributed by atoms with van der Waals surface area (Å²) in [6, 6.07) is 0. The fourth-order valence-electron chi connectivity index (χ4n) is 2.92. The molecule has 2 aliphatic rings. The Balaban J connectivity index is 1.66. The maximum Gasteiger partial charge on any atom is 0.246 e. The average Bonchev–Trinajstić information content (AvgIpc) is 3.03. The molecule has 0 unspecified atom stereocenters. The minimum atomic E-state index is -0.415. The molecular weight excluding hydrogens is 280 g/mol. The van der Waals surface area contributed by atoms with E-state index in [1.54, 1.807) is 0 Å². The molecule has 1 aromatic heterocycles. The van der Waals surface area contributed by atoms with Crippen molar-refractivity contribution < 1.29 is 14.4 Å². The zero-order valence-electron chi connectivity index (χ0n) is 10.7. The number of nitrogens with one attached hydrogen (secondary N) is 1. The molecule has 2 heterocycles. The van der Waals surface area contributed by atoms with E-state index in [-0.39, 0.29) is 30.2 Å². The summed E-state index contributed by atoms with van der Waals surface area (Å²) in [4.78, 5) is 37.3. The van der Waals surface area contributed by atoms with Crippen LogP contribution in [0.15, 0.2) is 5.51 Å². The van der Waals surface area contributed by atoms with Gasteiger partial charge in [-0.05, 0) is 12.8 Å². The Morgan fingerprint density at radius 1 is 1.30 bits per heavy atom. The molecule has 0 aromatic carbocycles. The van der Waals surface area contributed by atoms with Gasteiger partial charge in [-0.3, -0.25) is 24.6 Å². The standard InChI is InChI=1S/C12H14N4O3S/c17-9(14-12-15-13-6-20-12)5-16-10(18)7-3-1-2-4-8(7)11(16)19/h6-8H,1-5H2,(H,14,15,17)/t7-,8-/m0/s1. The van der Waals surface area contributed by atoms with Crippen LogP contribution in [0.1, 0.15) is 25.7 Å². The Kier molecular flexibility index (Phi) is 3.47. The topological polar surface area (TPSA) is 92.3 Å². The van der Waals surface area contributed by atoms with Crippen LogP contribution in [-0.2, 0) is 14.4 Å². The highest BCUT2D eigenvalue weighted by atomic mass is 32.1. The van der Waals surface area contributed by atoms with E-state index in [2.05, 4.69) is 15.5 Å². The third kappa shape index (κ3) is 2.31. The maximum atomic E-state index is 12.2. The van der Waals surface area contributed by atoms with Gasteiger partial charge in [-0.15, -0.1) is 10.2 Å². The molecule has 2 fully saturated rings. The molecule has 3 rings (SSSR count). The van der Waals surface area contributed by atoms with Crippen molar-refractivity contribution in [3.8, 4) is 0 Å². The molecular formula is C12H14N4O3S. The second-order valence-corrected chi connectivity index (χ2v) is 5.89. The largest absolute Gasteiger partial charge is 0.299 e. The summed E-state index contributed by atoms with van der Waals surface area (Å²) in [5.74, 6) is -1.25. The van der Waals surface area contributed by atoms with Gasteiger partial charge in [0.1, 0.15) is 12.1 Å². The number of aromatic nitrogens is 2. The third-order valence-corrected chi connectivity index (χ3v) is 4.45. The lowest BCUT2D eigenvalue weighted by Gasteiger charge is -2.19. The van der Waals surface area contributed by atoms with Crippen molar-refractivity contribution in [3.05, 3.63) is 5.51 Å². The summed E-state index contributed by atoms with van der Waals surface area (Å²) in [7, 11) is 0. The molecule has 1 aliphatic heterocycles. The summed E-state index contributed by atoms with van der Waals surface area (Å²) < 4.78 is 0. The third-order valence-electron chi connectivity index (χ3n) is 3.84. The molecule has 1 aliphatic carbocycles. The highest BCUT2D eigenvalue weighted by molar-refractivity contribution is 7.13. The fraction of sp³-hybridized carbons (Fsp3) is 0.583. The van der Waals surface area contributed by atoms with E-state index in [9.17, 15) is 14.4 Å². The van der Waals surface area contributed by atoms with Crippen molar-refractivity contribution in [1.29, 1.82) is 0 Å². The van der Waals surface area contributed by atoms with Gasteiger partial charge in [0.2, 0.25) is 22.9 Å². The van der Waals surface area contributed by atoms with E-state index in [4.69, 9.17) is 0 Å². The monoisotopic (exact) mass is 294 g/mol. The van der Waals surface area contributed by atoms with Crippen molar-refractivity contribution in [2.45, 2.75) is 25.7 Å². The Bertz CT molecular complexity index is 521. The number of nitrogens with zero attached hydrogens (tertiary/aromatic N) is 3. The molecule has 0 spiro atoms. The minimum absolute atomic E-state index is 0.202. The predicted molar refractivity (Wildman–Crippen MR) is 70.7 cm³/mol. The Morgan fingerprint density at radius 3 is 2.50 bits per heavy atom. The van der Waals surface area contributed by atoms with Crippen LogP contribution in [0.5, 0.6) is 0 Å². The Hall–Kier alpha value is -1.83. The molecule has 3 amide bonds. The lowest BCUT2D eigenvalue weighted by atomic mass is 9.81. The Labute approximate surface area is 119 Å². The first-order chi connectivity index (χ1) is 9.66. The maximum absolute atomic E-state index is 12.2. The number of anilines is 1. The molecule has 2 atom stereocenters. The number of carbonyl (C=O) groups excluding carboxylic acids is 3. The van der Waals surface area contributed by atoms with Crippen LogP contribution < -0.4 is 5.32 Å². The highest BCUT2D eigenvalue weighted by Crippen LogP contribution is 2.37. The van der Waals surface area contributed by atoms with Gasteiger partial charge < -0.3 is 0 Å². The number of hydrogen-bond donors (Lipinski definition) is 1. The number of imide groups is 1. The number of amides is 3. The predicted octanol–water partition coefficient (Wildman–Crippen LogP) is 0.652. The fourth-order valence-corrected chi connectivity index (χ4v) is 3.38. The van der Waals surface area contributed by atoms with E-state index in [1.165, 1.54) is 16.8 Å². The second-order valence-electron chi connectivity index (χ2n) is 5.05. The van der Waals surface area contributed by atoms with E-state index in [1.807, 2.05) is 0 Å². The van der Waals surface area contributed by atoms with Crippen molar-refractivity contribution in [2.75, 3.05) is 11.9 Å². The molecule has 7 nitrogen and oxygen atoms in total. The smallest absolute Gasteiger partial charge is 0.246 e. The molecule has 0 bridgehead atoms. The van der Waals surface area contributed by atoms with Gasteiger partial charge in [-0.2, -0.15) is 0 Å². The number of likely N-dealkylation sites (tertiary alicyclic amines) is 1. The van der Waals surface area contributed by atoms with E-state index >= 15 is 0 Å². The normalized spacial score (nSPS) is 25.7. The van der Waals surface area contributed by atoms with Crippen molar-refractivity contribution in [2.24, 2.45) is 11.8 Å². The van der Waals surface area contributed by atoms with Gasteiger partial charge in [0.05, 0.1) is 11.8 Å². The van der Waals surface area contributed by atoms with Gasteiger partial charge in [-0.25, -0.2) is 0 Å². The SMILES string of the molecule is O=C(CN1C(=O)[C@H]2CCCC[C@@H]2C1=O)Nc1nncs1. The second kappa shape index (κ2) is 5.28. The first-order valence-corrected chi connectivity index (χ1v) is 7.46. The van der Waals surface area contributed by atoms with Crippen LogP contribution in [0.2, 0.25) is 0 Å². The van der Waals surface area contributed by atoms with Crippen molar-refractivity contribution >= 4 is 34.2 Å². The lowest BCUT2D eigenvalue weighted by molar-refractivity contribution is -0.142. The van der Waals surface area contributed by atoms with E-state index in [0.29, 0.717) is 5.13 Å². The molecule has 20 heavy (non-hydrogen) atoms. The van der Waals surface area contributed by atoms with Gasteiger partial charge in [0.25, 0.3) is 0 Å². The summed E-state index contributed by atoms with van der Waals surface area (Å²) in [6.07, 6.45) is 3.46. The van der Waals surface area contributed by atoms with Crippen molar-refractivity contribution in [3.63, 3.8) is 0 Å². The minimum Gasteiger partial charge on any atom is -0.299 e. The number of fused-ring (bicyclic) bond motifs is 1. The molecule has 0 radical (unpaired) electrons. The molecule has 1 N–H and O–H groups in total. The lowest BCUT2D eigenvalue weighted by Crippen LogP contribution is -2.38. The zero-order valence-corrected chi connectivity index (χ0v) is 11.6. The average molecular weight is 294 g/mol. The summed E-state index contributed by atoms with van der Waals surface area (Å²) >= 11 is 1.19. The van der Waals surface area contributed by atoms with Crippen LogP contribution in [0.4, 0.5) is 5.13 Å². The van der Waals surface area contributed by atoms with Crippen molar-refractivity contribution in [1.82, 2.24) is 15.1 Å². The van der Waals surface area contributed by atoms with Gasteiger partial charge in [0.15, 0.2) is 0 Å². The zero-order chi connectivity index (χ0) is 14.1. The number of rotatable bonds is 3. The number of carbonyl (C=O) groups is 3.